The molecule has 0 saturated carbocycles. The lowest BCUT2D eigenvalue weighted by atomic mass is 10.1. The number of carbonyl (C=O) groups excluding carboxylic acids is 1. The summed E-state index contributed by atoms with van der Waals surface area (Å²) in [5, 5.41) is 3.84. The van der Waals surface area contributed by atoms with Gasteiger partial charge in [-0.1, -0.05) is 48.3 Å². The third-order valence-electron chi connectivity index (χ3n) is 3.56. The Morgan fingerprint density at radius 1 is 1.26 bits per heavy atom. The molecule has 0 fully saturated rings. The van der Waals surface area contributed by atoms with Crippen molar-refractivity contribution < 1.29 is 9.53 Å². The number of nitrogens with one attached hydrogen (secondary N) is 1. The molecule has 23 heavy (non-hydrogen) atoms. The fraction of sp³-hybridized carbons (Fsp3) is 0.278. The van der Waals surface area contributed by atoms with Crippen LogP contribution >= 0.6 is 23.2 Å². The van der Waals surface area contributed by atoms with Crippen molar-refractivity contribution in [2.75, 3.05) is 5.32 Å². The second-order valence-corrected chi connectivity index (χ2v) is 6.13. The van der Waals surface area contributed by atoms with Crippen molar-refractivity contribution in [1.82, 2.24) is 0 Å². The minimum absolute atomic E-state index is 0.222. The van der Waals surface area contributed by atoms with Gasteiger partial charge < -0.3 is 10.1 Å². The molecule has 0 bridgehead atoms. The van der Waals surface area contributed by atoms with Crippen LogP contribution in [0, 0.1) is 6.92 Å². The van der Waals surface area contributed by atoms with Gasteiger partial charge in [0.05, 0.1) is 5.02 Å². The Bertz CT molecular complexity index is 716. The van der Waals surface area contributed by atoms with Crippen molar-refractivity contribution in [2.24, 2.45) is 0 Å². The SMILES string of the molecule is CCc1cccc(C)c1NC(=O)[C@H](C)Oc1ccc(Cl)cc1Cl. The third kappa shape index (κ3) is 4.40. The molecular formula is C18H19Cl2NO2. The van der Waals surface area contributed by atoms with E-state index in [1.165, 1.54) is 0 Å². The molecule has 0 spiro atoms. The van der Waals surface area contributed by atoms with Crippen LogP contribution < -0.4 is 10.1 Å². The number of anilines is 1. The van der Waals surface area contributed by atoms with Gasteiger partial charge in [0, 0.05) is 10.7 Å². The van der Waals surface area contributed by atoms with Crippen LogP contribution in [0.5, 0.6) is 5.75 Å². The van der Waals surface area contributed by atoms with Gasteiger partial charge >= 0.3 is 0 Å². The summed E-state index contributed by atoms with van der Waals surface area (Å²) >= 11 is 11.9. The predicted octanol–water partition coefficient (Wildman–Crippen LogP) is 5.27. The Kier molecular flexibility index (Phi) is 5.91. The summed E-state index contributed by atoms with van der Waals surface area (Å²) in [6, 6.07) is 10.9. The lowest BCUT2D eigenvalue weighted by Gasteiger charge is -2.18. The van der Waals surface area contributed by atoms with Gasteiger partial charge in [0.1, 0.15) is 5.75 Å². The average Bonchev–Trinajstić information content (AvgIpc) is 2.51. The summed E-state index contributed by atoms with van der Waals surface area (Å²) in [6.45, 7) is 5.71. The number of hydrogen-bond donors (Lipinski definition) is 1. The first kappa shape index (κ1) is 17.6. The van der Waals surface area contributed by atoms with Crippen LogP contribution in [-0.2, 0) is 11.2 Å². The highest BCUT2D eigenvalue weighted by atomic mass is 35.5. The highest BCUT2D eigenvalue weighted by Gasteiger charge is 2.18. The number of para-hydroxylation sites is 1. The van der Waals surface area contributed by atoms with Gasteiger partial charge in [0.15, 0.2) is 6.10 Å². The fourth-order valence-corrected chi connectivity index (χ4v) is 2.69. The number of amides is 1. The molecule has 0 radical (unpaired) electrons. The monoisotopic (exact) mass is 351 g/mol. The van der Waals surface area contributed by atoms with Crippen LogP contribution in [0.15, 0.2) is 36.4 Å². The van der Waals surface area contributed by atoms with Gasteiger partial charge in [-0.2, -0.15) is 0 Å². The molecule has 2 aromatic rings. The summed E-state index contributed by atoms with van der Waals surface area (Å²) in [4.78, 5) is 12.4. The zero-order chi connectivity index (χ0) is 17.0. The van der Waals surface area contributed by atoms with E-state index in [1.54, 1.807) is 25.1 Å². The van der Waals surface area contributed by atoms with E-state index >= 15 is 0 Å². The first-order valence-electron chi connectivity index (χ1n) is 7.43. The van der Waals surface area contributed by atoms with Gasteiger partial charge in [-0.05, 0) is 49.6 Å². The molecule has 1 N–H and O–H groups in total. The molecular weight excluding hydrogens is 333 g/mol. The molecule has 2 aromatic carbocycles. The van der Waals surface area contributed by atoms with Crippen LogP contribution in [0.1, 0.15) is 25.0 Å². The first-order valence-corrected chi connectivity index (χ1v) is 8.19. The van der Waals surface area contributed by atoms with Crippen molar-refractivity contribution >= 4 is 34.8 Å². The standard InChI is InChI=1S/C18H19Cl2NO2/c1-4-13-7-5-6-11(2)17(13)21-18(22)12(3)23-16-9-8-14(19)10-15(16)20/h5-10,12H,4H2,1-3H3,(H,21,22)/t12-/m0/s1. The maximum Gasteiger partial charge on any atom is 0.265 e. The highest BCUT2D eigenvalue weighted by molar-refractivity contribution is 6.35. The summed E-state index contributed by atoms with van der Waals surface area (Å²) in [6.07, 6.45) is 0.160. The van der Waals surface area contributed by atoms with E-state index in [9.17, 15) is 4.79 Å². The van der Waals surface area contributed by atoms with Crippen LogP contribution in [0.25, 0.3) is 0 Å². The zero-order valence-electron chi connectivity index (χ0n) is 13.3. The molecule has 5 heteroatoms. The summed E-state index contributed by atoms with van der Waals surface area (Å²) in [7, 11) is 0. The molecule has 1 atom stereocenters. The molecule has 122 valence electrons. The average molecular weight is 352 g/mol. The van der Waals surface area contributed by atoms with E-state index in [0.29, 0.717) is 15.8 Å². The number of ether oxygens (including phenoxy) is 1. The fourth-order valence-electron chi connectivity index (χ4n) is 2.24. The van der Waals surface area contributed by atoms with E-state index in [2.05, 4.69) is 12.2 Å². The Hall–Kier alpha value is -1.71. The Balaban J connectivity index is 2.12. The summed E-state index contributed by atoms with van der Waals surface area (Å²) in [5.41, 5.74) is 2.96. The lowest BCUT2D eigenvalue weighted by molar-refractivity contribution is -0.122. The summed E-state index contributed by atoms with van der Waals surface area (Å²) in [5.74, 6) is 0.208. The molecule has 0 unspecified atom stereocenters. The van der Waals surface area contributed by atoms with Crippen molar-refractivity contribution in [3.05, 3.63) is 57.6 Å². The van der Waals surface area contributed by atoms with Crippen LogP contribution in [-0.4, -0.2) is 12.0 Å². The quantitative estimate of drug-likeness (QED) is 0.796. The third-order valence-corrected chi connectivity index (χ3v) is 4.09. The topological polar surface area (TPSA) is 38.3 Å². The molecule has 2 rings (SSSR count). The number of rotatable bonds is 5. The number of aryl methyl sites for hydroxylation is 2. The van der Waals surface area contributed by atoms with Crippen molar-refractivity contribution in [1.29, 1.82) is 0 Å². The summed E-state index contributed by atoms with van der Waals surface area (Å²) < 4.78 is 5.64. The molecule has 0 aliphatic rings. The number of carbonyl (C=O) groups is 1. The minimum atomic E-state index is -0.682. The van der Waals surface area contributed by atoms with E-state index in [4.69, 9.17) is 27.9 Å². The number of benzene rings is 2. The second kappa shape index (κ2) is 7.71. The van der Waals surface area contributed by atoms with Crippen molar-refractivity contribution in [2.45, 2.75) is 33.3 Å². The van der Waals surface area contributed by atoms with Crippen LogP contribution in [0.2, 0.25) is 10.0 Å². The van der Waals surface area contributed by atoms with Gasteiger partial charge in [-0.3, -0.25) is 4.79 Å². The van der Waals surface area contributed by atoms with Gasteiger partial charge in [0.2, 0.25) is 0 Å². The maximum absolute atomic E-state index is 12.4. The molecule has 0 saturated heterocycles. The lowest BCUT2D eigenvalue weighted by Crippen LogP contribution is -2.30. The molecule has 0 aliphatic heterocycles. The largest absolute Gasteiger partial charge is 0.479 e. The van der Waals surface area contributed by atoms with E-state index in [-0.39, 0.29) is 5.91 Å². The Morgan fingerprint density at radius 3 is 2.65 bits per heavy atom. The molecule has 0 aromatic heterocycles. The predicted molar refractivity (Wildman–Crippen MR) is 95.7 cm³/mol. The smallest absolute Gasteiger partial charge is 0.265 e. The normalized spacial score (nSPS) is 11.9. The Labute approximate surface area is 146 Å². The molecule has 1 amide bonds. The second-order valence-electron chi connectivity index (χ2n) is 5.29. The first-order chi connectivity index (χ1) is 10.9. The number of hydrogen-bond acceptors (Lipinski definition) is 2. The Morgan fingerprint density at radius 2 is 2.00 bits per heavy atom. The van der Waals surface area contributed by atoms with Crippen molar-refractivity contribution in [3.63, 3.8) is 0 Å². The van der Waals surface area contributed by atoms with Gasteiger partial charge in [-0.15, -0.1) is 0 Å². The minimum Gasteiger partial charge on any atom is -0.479 e. The van der Waals surface area contributed by atoms with Gasteiger partial charge in [-0.25, -0.2) is 0 Å². The van der Waals surface area contributed by atoms with Gasteiger partial charge in [0.25, 0.3) is 5.91 Å². The van der Waals surface area contributed by atoms with Crippen LogP contribution in [0.4, 0.5) is 5.69 Å². The highest BCUT2D eigenvalue weighted by Crippen LogP contribution is 2.28. The van der Waals surface area contributed by atoms with Crippen molar-refractivity contribution in [3.8, 4) is 5.75 Å². The molecule has 0 aliphatic carbocycles. The molecule has 3 nitrogen and oxygen atoms in total. The van der Waals surface area contributed by atoms with E-state index in [0.717, 1.165) is 23.2 Å². The number of halogens is 2. The van der Waals surface area contributed by atoms with E-state index in [1.807, 2.05) is 25.1 Å². The van der Waals surface area contributed by atoms with E-state index < -0.39 is 6.10 Å². The zero-order valence-corrected chi connectivity index (χ0v) is 14.8. The van der Waals surface area contributed by atoms with Crippen LogP contribution in [0.3, 0.4) is 0 Å². The molecule has 0 heterocycles. The maximum atomic E-state index is 12.4.